The molecule has 8 heteroatoms. The summed E-state index contributed by atoms with van der Waals surface area (Å²) >= 11 is 12.2. The Labute approximate surface area is 213 Å². The number of benzene rings is 3. The second kappa shape index (κ2) is 10.3. The lowest BCUT2D eigenvalue weighted by Crippen LogP contribution is -2.52. The molecule has 1 aliphatic heterocycles. The molecule has 0 unspecified atom stereocenters. The van der Waals surface area contributed by atoms with Crippen molar-refractivity contribution >= 4 is 64.1 Å². The lowest BCUT2D eigenvalue weighted by atomic mass is 10.0. The summed E-state index contributed by atoms with van der Waals surface area (Å²) in [5.41, 5.74) is 4.38. The second-order valence-electron chi connectivity index (χ2n) is 8.28. The van der Waals surface area contributed by atoms with E-state index in [1.165, 1.54) is 11.0 Å². The Morgan fingerprint density at radius 2 is 1.80 bits per heavy atom. The number of anilines is 3. The predicted octanol–water partition coefficient (Wildman–Crippen LogP) is 6.01. The fourth-order valence-electron chi connectivity index (χ4n) is 3.83. The first kappa shape index (κ1) is 24.5. The number of aryl methyl sites for hydroxylation is 2. The molecule has 0 aromatic heterocycles. The van der Waals surface area contributed by atoms with Gasteiger partial charge in [-0.2, -0.15) is 0 Å². The van der Waals surface area contributed by atoms with Gasteiger partial charge in [0.25, 0.3) is 5.91 Å². The van der Waals surface area contributed by atoms with E-state index in [0.29, 0.717) is 32.7 Å². The van der Waals surface area contributed by atoms with Gasteiger partial charge in [-0.05, 0) is 73.0 Å². The molecule has 178 valence electrons. The van der Waals surface area contributed by atoms with Gasteiger partial charge in [0.15, 0.2) is 0 Å². The van der Waals surface area contributed by atoms with Gasteiger partial charge in [0.05, 0.1) is 17.8 Å². The number of amides is 3. The molecule has 2 N–H and O–H groups in total. The molecule has 0 aliphatic carbocycles. The van der Waals surface area contributed by atoms with Crippen molar-refractivity contribution in [3.63, 3.8) is 0 Å². The Kier molecular flexibility index (Phi) is 7.24. The quantitative estimate of drug-likeness (QED) is 0.415. The van der Waals surface area contributed by atoms with Crippen molar-refractivity contribution in [1.29, 1.82) is 0 Å². The molecule has 1 heterocycles. The molecule has 1 atom stereocenters. The van der Waals surface area contributed by atoms with Gasteiger partial charge < -0.3 is 10.6 Å². The highest BCUT2D eigenvalue weighted by molar-refractivity contribution is 6.35. The standard InChI is InChI=1S/C27H23Cl2N3O3/c1-16-7-11-20(13-17(16)2)30-25(33)15-24-27(35)31-22-5-3-4-6-23(22)32(24)26(34)12-9-18-8-10-19(28)14-21(18)29/h3-14,24H,15H2,1-2H3,(H,30,33)(H,31,35)/b12-9+/t24-/m0/s1. The minimum absolute atomic E-state index is 0.214. The summed E-state index contributed by atoms with van der Waals surface area (Å²) < 4.78 is 0. The Morgan fingerprint density at radius 3 is 2.54 bits per heavy atom. The van der Waals surface area contributed by atoms with E-state index in [9.17, 15) is 14.4 Å². The van der Waals surface area contributed by atoms with Crippen molar-refractivity contribution in [3.8, 4) is 0 Å². The maximum absolute atomic E-state index is 13.3. The van der Waals surface area contributed by atoms with E-state index in [0.717, 1.165) is 11.1 Å². The number of carbonyl (C=O) groups is 3. The van der Waals surface area contributed by atoms with Crippen LogP contribution < -0.4 is 15.5 Å². The number of hydrogen-bond donors (Lipinski definition) is 2. The SMILES string of the molecule is Cc1ccc(NC(=O)C[C@H]2C(=O)Nc3ccccc3N2C(=O)/C=C/c2ccc(Cl)cc2Cl)cc1C. The Balaban J connectivity index is 1.61. The minimum Gasteiger partial charge on any atom is -0.326 e. The second-order valence-corrected chi connectivity index (χ2v) is 9.12. The number of rotatable bonds is 5. The highest BCUT2D eigenvalue weighted by atomic mass is 35.5. The molecular weight excluding hydrogens is 485 g/mol. The van der Waals surface area contributed by atoms with E-state index >= 15 is 0 Å². The van der Waals surface area contributed by atoms with Crippen LogP contribution in [0.15, 0.2) is 66.7 Å². The van der Waals surface area contributed by atoms with Crippen molar-refractivity contribution in [2.45, 2.75) is 26.3 Å². The van der Waals surface area contributed by atoms with Gasteiger partial charge in [0.2, 0.25) is 11.8 Å². The van der Waals surface area contributed by atoms with Gasteiger partial charge in [-0.1, -0.05) is 47.5 Å². The largest absolute Gasteiger partial charge is 0.326 e. The average molecular weight is 508 g/mol. The van der Waals surface area contributed by atoms with Gasteiger partial charge in [-0.25, -0.2) is 0 Å². The molecule has 0 fully saturated rings. The predicted molar refractivity (Wildman–Crippen MR) is 141 cm³/mol. The fraction of sp³-hybridized carbons (Fsp3) is 0.148. The lowest BCUT2D eigenvalue weighted by molar-refractivity contribution is -0.124. The number of nitrogens with one attached hydrogen (secondary N) is 2. The summed E-state index contributed by atoms with van der Waals surface area (Å²) in [7, 11) is 0. The van der Waals surface area contributed by atoms with Gasteiger partial charge in [0.1, 0.15) is 6.04 Å². The smallest absolute Gasteiger partial charge is 0.251 e. The van der Waals surface area contributed by atoms with Crippen LogP contribution in [-0.2, 0) is 14.4 Å². The number of fused-ring (bicyclic) bond motifs is 1. The van der Waals surface area contributed by atoms with Crippen LogP contribution in [0.4, 0.5) is 17.1 Å². The molecule has 4 rings (SSSR count). The molecule has 0 bridgehead atoms. The Morgan fingerprint density at radius 1 is 1.03 bits per heavy atom. The molecule has 0 radical (unpaired) electrons. The van der Waals surface area contributed by atoms with Crippen LogP contribution in [0.1, 0.15) is 23.1 Å². The summed E-state index contributed by atoms with van der Waals surface area (Å²) in [6.07, 6.45) is 2.68. The zero-order valence-corrected chi connectivity index (χ0v) is 20.7. The van der Waals surface area contributed by atoms with E-state index in [2.05, 4.69) is 10.6 Å². The van der Waals surface area contributed by atoms with Crippen LogP contribution >= 0.6 is 23.2 Å². The minimum atomic E-state index is -1.03. The van der Waals surface area contributed by atoms with Crippen molar-refractivity contribution in [2.75, 3.05) is 15.5 Å². The first-order valence-corrected chi connectivity index (χ1v) is 11.7. The molecule has 1 aliphatic rings. The lowest BCUT2D eigenvalue weighted by Gasteiger charge is -2.35. The maximum Gasteiger partial charge on any atom is 0.251 e. The fourth-order valence-corrected chi connectivity index (χ4v) is 4.30. The maximum atomic E-state index is 13.3. The van der Waals surface area contributed by atoms with Crippen LogP contribution in [-0.4, -0.2) is 23.8 Å². The molecule has 6 nitrogen and oxygen atoms in total. The monoisotopic (exact) mass is 507 g/mol. The molecule has 35 heavy (non-hydrogen) atoms. The molecule has 0 spiro atoms. The number of para-hydroxylation sites is 2. The Hall–Kier alpha value is -3.61. The molecular formula is C27H23Cl2N3O3. The number of carbonyl (C=O) groups excluding carboxylic acids is 3. The molecule has 0 saturated carbocycles. The van der Waals surface area contributed by atoms with E-state index in [1.807, 2.05) is 26.0 Å². The third-order valence-corrected chi connectivity index (χ3v) is 6.37. The highest BCUT2D eigenvalue weighted by Gasteiger charge is 2.37. The summed E-state index contributed by atoms with van der Waals surface area (Å²) in [5.74, 6) is -1.28. The first-order chi connectivity index (χ1) is 16.7. The van der Waals surface area contributed by atoms with E-state index in [4.69, 9.17) is 23.2 Å². The van der Waals surface area contributed by atoms with Gasteiger partial charge in [-0.15, -0.1) is 0 Å². The van der Waals surface area contributed by atoms with Crippen LogP contribution in [0, 0.1) is 13.8 Å². The Bertz CT molecular complexity index is 1350. The van der Waals surface area contributed by atoms with E-state index in [-0.39, 0.29) is 12.3 Å². The van der Waals surface area contributed by atoms with Gasteiger partial charge in [0, 0.05) is 21.8 Å². The third-order valence-electron chi connectivity index (χ3n) is 5.81. The van der Waals surface area contributed by atoms with Crippen LogP contribution in [0.3, 0.4) is 0 Å². The molecule has 3 amide bonds. The van der Waals surface area contributed by atoms with Crippen LogP contribution in [0.25, 0.3) is 6.08 Å². The van der Waals surface area contributed by atoms with Crippen molar-refractivity contribution in [3.05, 3.63) is 93.5 Å². The summed E-state index contributed by atoms with van der Waals surface area (Å²) in [6, 6.07) is 16.5. The number of hydrogen-bond acceptors (Lipinski definition) is 3. The number of nitrogens with zero attached hydrogens (tertiary/aromatic N) is 1. The van der Waals surface area contributed by atoms with Crippen molar-refractivity contribution < 1.29 is 14.4 Å². The van der Waals surface area contributed by atoms with Crippen LogP contribution in [0.2, 0.25) is 10.0 Å². The number of halogens is 2. The normalized spacial score (nSPS) is 15.0. The summed E-state index contributed by atoms with van der Waals surface area (Å²) in [6.45, 7) is 3.94. The van der Waals surface area contributed by atoms with Gasteiger partial charge in [-0.3, -0.25) is 19.3 Å². The molecule has 0 saturated heterocycles. The van der Waals surface area contributed by atoms with E-state index < -0.39 is 17.9 Å². The summed E-state index contributed by atoms with van der Waals surface area (Å²) in [5, 5.41) is 6.50. The summed E-state index contributed by atoms with van der Waals surface area (Å²) in [4.78, 5) is 40.6. The van der Waals surface area contributed by atoms with Gasteiger partial charge >= 0.3 is 0 Å². The topological polar surface area (TPSA) is 78.5 Å². The zero-order valence-electron chi connectivity index (χ0n) is 19.1. The highest BCUT2D eigenvalue weighted by Crippen LogP contribution is 2.33. The van der Waals surface area contributed by atoms with Crippen molar-refractivity contribution in [2.24, 2.45) is 0 Å². The molecule has 3 aromatic carbocycles. The van der Waals surface area contributed by atoms with Crippen LogP contribution in [0.5, 0.6) is 0 Å². The molecule has 3 aromatic rings. The third kappa shape index (κ3) is 5.56. The average Bonchev–Trinajstić information content (AvgIpc) is 2.81. The van der Waals surface area contributed by atoms with Crippen molar-refractivity contribution in [1.82, 2.24) is 0 Å². The zero-order chi connectivity index (χ0) is 25.1. The van der Waals surface area contributed by atoms with E-state index in [1.54, 1.807) is 54.6 Å². The first-order valence-electron chi connectivity index (χ1n) is 11.0.